The Kier molecular flexibility index (Phi) is 8.92. The zero-order valence-corrected chi connectivity index (χ0v) is 21.4. The van der Waals surface area contributed by atoms with E-state index in [0.29, 0.717) is 32.7 Å². The van der Waals surface area contributed by atoms with Gasteiger partial charge in [-0.1, -0.05) is 53.5 Å². The molecule has 8 nitrogen and oxygen atoms in total. The summed E-state index contributed by atoms with van der Waals surface area (Å²) >= 11 is 12.2. The second kappa shape index (κ2) is 12.7. The number of carbonyl (C=O) groups excluding carboxylic acids is 1. The van der Waals surface area contributed by atoms with E-state index in [1.54, 1.807) is 66.7 Å². The standard InChI is InChI=1S/C28H21Cl2N3O5/c29-22-12-11-21(25(30)15-22)18-38-27-8-4-2-6-24(27)28(34)32-31-16-20-5-1-3-7-26(20)37-17-19-9-13-23(14-10-19)33(35)36/h1-16H,17-18H2,(H,32,34)/b31-16-. The van der Waals surface area contributed by atoms with E-state index in [0.717, 1.165) is 11.1 Å². The maximum atomic E-state index is 12.8. The number of nitro groups is 1. The van der Waals surface area contributed by atoms with Gasteiger partial charge in [-0.25, -0.2) is 5.43 Å². The van der Waals surface area contributed by atoms with Crippen LogP contribution in [0.2, 0.25) is 10.0 Å². The van der Waals surface area contributed by atoms with Gasteiger partial charge in [-0.3, -0.25) is 14.9 Å². The first kappa shape index (κ1) is 26.7. The number of benzene rings is 4. The summed E-state index contributed by atoms with van der Waals surface area (Å²) in [6, 6.07) is 25.2. The largest absolute Gasteiger partial charge is 0.488 e. The van der Waals surface area contributed by atoms with Crippen LogP contribution in [-0.2, 0) is 13.2 Å². The van der Waals surface area contributed by atoms with Crippen LogP contribution in [0.3, 0.4) is 0 Å². The maximum absolute atomic E-state index is 12.8. The van der Waals surface area contributed by atoms with Crippen LogP contribution in [0.15, 0.2) is 96.1 Å². The molecule has 0 fully saturated rings. The van der Waals surface area contributed by atoms with Crippen molar-refractivity contribution in [1.82, 2.24) is 5.43 Å². The van der Waals surface area contributed by atoms with Crippen molar-refractivity contribution < 1.29 is 19.2 Å². The van der Waals surface area contributed by atoms with E-state index in [4.69, 9.17) is 32.7 Å². The molecule has 4 rings (SSSR count). The molecule has 0 unspecified atom stereocenters. The molecule has 0 aliphatic heterocycles. The van der Waals surface area contributed by atoms with Crippen LogP contribution in [0.1, 0.15) is 27.0 Å². The molecule has 0 atom stereocenters. The quantitative estimate of drug-likeness (QED) is 0.133. The number of carbonyl (C=O) groups is 1. The second-order valence-corrected chi connectivity index (χ2v) is 8.81. The highest BCUT2D eigenvalue weighted by Gasteiger charge is 2.13. The highest BCUT2D eigenvalue weighted by Crippen LogP contribution is 2.25. The van der Waals surface area contributed by atoms with E-state index in [1.165, 1.54) is 18.3 Å². The second-order valence-electron chi connectivity index (χ2n) is 7.97. The van der Waals surface area contributed by atoms with E-state index in [9.17, 15) is 14.9 Å². The third-order valence-electron chi connectivity index (χ3n) is 5.36. The zero-order chi connectivity index (χ0) is 26.9. The van der Waals surface area contributed by atoms with Gasteiger partial charge < -0.3 is 9.47 Å². The van der Waals surface area contributed by atoms with Crippen molar-refractivity contribution in [2.75, 3.05) is 0 Å². The average Bonchev–Trinajstić information content (AvgIpc) is 2.92. The van der Waals surface area contributed by atoms with Crippen LogP contribution in [0, 0.1) is 10.1 Å². The van der Waals surface area contributed by atoms with Gasteiger partial charge in [0.05, 0.1) is 16.7 Å². The molecule has 0 heterocycles. The summed E-state index contributed by atoms with van der Waals surface area (Å²) in [4.78, 5) is 23.2. The SMILES string of the molecule is O=C(N/N=C\c1ccccc1OCc1ccc([N+](=O)[O-])cc1)c1ccccc1OCc1ccc(Cl)cc1Cl. The van der Waals surface area contributed by atoms with Gasteiger partial charge in [0.15, 0.2) is 0 Å². The Balaban J connectivity index is 1.38. The van der Waals surface area contributed by atoms with E-state index in [1.807, 2.05) is 12.1 Å². The van der Waals surface area contributed by atoms with Gasteiger partial charge in [-0.05, 0) is 54.1 Å². The Labute approximate surface area is 228 Å². The number of hydrazone groups is 1. The molecule has 0 saturated carbocycles. The summed E-state index contributed by atoms with van der Waals surface area (Å²) in [5.41, 5.74) is 4.96. The number of ether oxygens (including phenoxy) is 2. The van der Waals surface area contributed by atoms with Crippen molar-refractivity contribution >= 4 is 41.0 Å². The number of hydrogen-bond donors (Lipinski definition) is 1. The Bertz CT molecular complexity index is 1480. The van der Waals surface area contributed by atoms with Crippen LogP contribution in [0.5, 0.6) is 11.5 Å². The maximum Gasteiger partial charge on any atom is 0.275 e. The molecule has 38 heavy (non-hydrogen) atoms. The fourth-order valence-corrected chi connectivity index (χ4v) is 3.85. The van der Waals surface area contributed by atoms with Gasteiger partial charge in [-0.15, -0.1) is 0 Å². The minimum Gasteiger partial charge on any atom is -0.488 e. The number of non-ortho nitro benzene ring substituents is 1. The predicted molar refractivity (Wildman–Crippen MR) is 146 cm³/mol. The summed E-state index contributed by atoms with van der Waals surface area (Å²) in [5.74, 6) is 0.453. The third kappa shape index (κ3) is 7.09. The summed E-state index contributed by atoms with van der Waals surface area (Å²) < 4.78 is 11.7. The number of amides is 1. The summed E-state index contributed by atoms with van der Waals surface area (Å²) in [5, 5.41) is 15.9. The molecule has 10 heteroatoms. The molecular formula is C28H21Cl2N3O5. The van der Waals surface area contributed by atoms with Crippen LogP contribution >= 0.6 is 23.2 Å². The molecule has 192 valence electrons. The number of hydrogen-bond acceptors (Lipinski definition) is 6. The molecule has 1 amide bonds. The zero-order valence-electron chi connectivity index (χ0n) is 19.8. The van der Waals surface area contributed by atoms with E-state index in [-0.39, 0.29) is 18.9 Å². The molecule has 0 aliphatic carbocycles. The Hall–Kier alpha value is -4.40. The van der Waals surface area contributed by atoms with E-state index < -0.39 is 10.8 Å². The number of nitrogens with one attached hydrogen (secondary N) is 1. The van der Waals surface area contributed by atoms with Gasteiger partial charge in [0.25, 0.3) is 11.6 Å². The molecule has 0 aliphatic rings. The van der Waals surface area contributed by atoms with Crippen molar-refractivity contribution in [3.63, 3.8) is 0 Å². The topological polar surface area (TPSA) is 103 Å². The lowest BCUT2D eigenvalue weighted by Gasteiger charge is -2.12. The number of halogens is 2. The Morgan fingerprint density at radius 1 is 0.895 bits per heavy atom. The lowest BCUT2D eigenvalue weighted by atomic mass is 10.2. The molecule has 1 N–H and O–H groups in total. The molecule has 4 aromatic rings. The van der Waals surface area contributed by atoms with Gasteiger partial charge in [0.1, 0.15) is 24.7 Å². The Morgan fingerprint density at radius 2 is 1.58 bits per heavy atom. The number of para-hydroxylation sites is 2. The van der Waals surface area contributed by atoms with Crippen LogP contribution in [0.25, 0.3) is 0 Å². The first-order valence-electron chi connectivity index (χ1n) is 11.3. The summed E-state index contributed by atoms with van der Waals surface area (Å²) in [6.45, 7) is 0.362. The fraction of sp³-hybridized carbons (Fsp3) is 0.0714. The monoisotopic (exact) mass is 549 g/mol. The normalized spacial score (nSPS) is 10.8. The van der Waals surface area contributed by atoms with Crippen LogP contribution in [-0.4, -0.2) is 17.0 Å². The van der Waals surface area contributed by atoms with Crippen molar-refractivity contribution in [1.29, 1.82) is 0 Å². The number of nitro benzene ring substituents is 1. The first-order chi connectivity index (χ1) is 18.4. The molecule has 0 radical (unpaired) electrons. The summed E-state index contributed by atoms with van der Waals surface area (Å²) in [6.07, 6.45) is 1.47. The smallest absolute Gasteiger partial charge is 0.275 e. The predicted octanol–water partition coefficient (Wildman–Crippen LogP) is 6.82. The molecule has 0 saturated heterocycles. The first-order valence-corrected chi connectivity index (χ1v) is 12.1. The Morgan fingerprint density at radius 3 is 2.32 bits per heavy atom. The van der Waals surface area contributed by atoms with Gasteiger partial charge in [-0.2, -0.15) is 5.10 Å². The minimum atomic E-state index is -0.455. The van der Waals surface area contributed by atoms with Gasteiger partial charge >= 0.3 is 0 Å². The highest BCUT2D eigenvalue weighted by molar-refractivity contribution is 6.35. The number of rotatable bonds is 10. The number of nitrogens with zero attached hydrogens (tertiary/aromatic N) is 2. The highest BCUT2D eigenvalue weighted by atomic mass is 35.5. The van der Waals surface area contributed by atoms with Crippen molar-refractivity contribution in [2.45, 2.75) is 13.2 Å². The average molecular weight is 550 g/mol. The molecule has 0 bridgehead atoms. The van der Waals surface area contributed by atoms with Crippen molar-refractivity contribution in [2.24, 2.45) is 5.10 Å². The molecule has 4 aromatic carbocycles. The van der Waals surface area contributed by atoms with Crippen LogP contribution < -0.4 is 14.9 Å². The van der Waals surface area contributed by atoms with Crippen molar-refractivity contribution in [3.05, 3.63) is 133 Å². The van der Waals surface area contributed by atoms with Crippen molar-refractivity contribution in [3.8, 4) is 11.5 Å². The fourth-order valence-electron chi connectivity index (χ4n) is 3.39. The molecular weight excluding hydrogens is 529 g/mol. The van der Waals surface area contributed by atoms with Gasteiger partial charge in [0, 0.05) is 33.3 Å². The van der Waals surface area contributed by atoms with E-state index >= 15 is 0 Å². The minimum absolute atomic E-state index is 0.0118. The molecule has 0 spiro atoms. The summed E-state index contributed by atoms with van der Waals surface area (Å²) in [7, 11) is 0. The lowest BCUT2D eigenvalue weighted by Crippen LogP contribution is -2.18. The van der Waals surface area contributed by atoms with Gasteiger partial charge in [0.2, 0.25) is 0 Å². The van der Waals surface area contributed by atoms with E-state index in [2.05, 4.69) is 10.5 Å². The lowest BCUT2D eigenvalue weighted by molar-refractivity contribution is -0.384. The van der Waals surface area contributed by atoms with Crippen LogP contribution in [0.4, 0.5) is 5.69 Å². The third-order valence-corrected chi connectivity index (χ3v) is 5.95. The molecule has 0 aromatic heterocycles.